The Kier molecular flexibility index (Phi) is 6.33. The molecule has 0 bridgehead atoms. The molecule has 0 saturated carbocycles. The van der Waals surface area contributed by atoms with E-state index >= 15 is 0 Å². The van der Waals surface area contributed by atoms with Crippen molar-refractivity contribution in [3.63, 3.8) is 0 Å². The maximum atomic E-state index is 14.9. The normalized spacial score (nSPS) is 18.0. The van der Waals surface area contributed by atoms with Gasteiger partial charge in [0.05, 0.1) is 23.7 Å². The Hall–Kier alpha value is -4.93. The van der Waals surface area contributed by atoms with E-state index in [1.165, 1.54) is 22.9 Å². The largest absolute Gasteiger partial charge is 0.474 e. The molecule has 4 aromatic rings. The molecule has 0 radical (unpaired) electrons. The zero-order chi connectivity index (χ0) is 28.0. The Bertz CT molecular complexity index is 1680. The molecule has 0 aliphatic carbocycles. The van der Waals surface area contributed by atoms with Crippen LogP contribution in [0.25, 0.3) is 11.3 Å². The molecule has 40 heavy (non-hydrogen) atoms. The Labute approximate surface area is 227 Å². The van der Waals surface area contributed by atoms with Crippen LogP contribution in [0.1, 0.15) is 40.5 Å². The number of hydrogen-bond acceptors (Lipinski definition) is 6. The zero-order valence-electron chi connectivity index (χ0n) is 21.6. The molecular weight excluding hydrogens is 518 g/mol. The highest BCUT2D eigenvalue weighted by atomic mass is 19.1. The average Bonchev–Trinajstić information content (AvgIpc) is 3.25. The van der Waals surface area contributed by atoms with Crippen LogP contribution in [0.5, 0.6) is 5.88 Å². The van der Waals surface area contributed by atoms with Crippen LogP contribution in [0.4, 0.5) is 14.5 Å². The van der Waals surface area contributed by atoms with Crippen LogP contribution >= 0.6 is 0 Å². The summed E-state index contributed by atoms with van der Waals surface area (Å²) in [5.74, 6) is -2.63. The van der Waals surface area contributed by atoms with Gasteiger partial charge in [-0.2, -0.15) is 5.10 Å². The van der Waals surface area contributed by atoms with E-state index in [9.17, 15) is 18.4 Å². The monoisotopic (exact) mass is 542 g/mol. The van der Waals surface area contributed by atoms with E-state index in [0.29, 0.717) is 35.5 Å². The molecule has 4 heterocycles. The molecule has 202 valence electrons. The van der Waals surface area contributed by atoms with E-state index in [-0.39, 0.29) is 34.5 Å². The van der Waals surface area contributed by atoms with Gasteiger partial charge in [0.2, 0.25) is 12.0 Å². The summed E-state index contributed by atoms with van der Waals surface area (Å²) >= 11 is 0. The van der Waals surface area contributed by atoms with Gasteiger partial charge >= 0.3 is 0 Å². The third-order valence-electron chi connectivity index (χ3n) is 6.78. The maximum absolute atomic E-state index is 14.9. The molecule has 0 unspecified atom stereocenters. The van der Waals surface area contributed by atoms with Crippen LogP contribution in [0.15, 0.2) is 65.8 Å². The number of carbonyl (C=O) groups is 2. The molecule has 2 aromatic carbocycles. The van der Waals surface area contributed by atoms with E-state index in [4.69, 9.17) is 4.74 Å². The lowest BCUT2D eigenvalue weighted by atomic mass is 10.0. The predicted octanol–water partition coefficient (Wildman–Crippen LogP) is 4.25. The summed E-state index contributed by atoms with van der Waals surface area (Å²) in [6.07, 6.45) is 0.0544. The van der Waals surface area contributed by atoms with Crippen molar-refractivity contribution in [3.8, 4) is 17.1 Å². The Morgan fingerprint density at radius 1 is 1.10 bits per heavy atom. The van der Waals surface area contributed by atoms with Gasteiger partial charge < -0.3 is 15.4 Å². The molecular formula is C29H24F2N6O3. The summed E-state index contributed by atoms with van der Waals surface area (Å²) in [6, 6.07) is 14.8. The van der Waals surface area contributed by atoms with Crippen molar-refractivity contribution >= 4 is 23.2 Å². The second kappa shape index (κ2) is 9.99. The number of benzene rings is 2. The average molecular weight is 543 g/mol. The van der Waals surface area contributed by atoms with Crippen molar-refractivity contribution in [2.24, 2.45) is 4.99 Å². The van der Waals surface area contributed by atoms with Gasteiger partial charge in [-0.15, -0.1) is 0 Å². The molecule has 2 aromatic heterocycles. The molecule has 0 spiro atoms. The Morgan fingerprint density at radius 3 is 2.70 bits per heavy atom. The van der Waals surface area contributed by atoms with Gasteiger partial charge in [0.15, 0.2) is 5.82 Å². The number of rotatable bonds is 4. The van der Waals surface area contributed by atoms with Crippen molar-refractivity contribution in [2.75, 3.05) is 5.32 Å². The minimum atomic E-state index is -1.44. The second-order valence-electron chi connectivity index (χ2n) is 9.65. The first-order chi connectivity index (χ1) is 19.3. The summed E-state index contributed by atoms with van der Waals surface area (Å²) in [7, 11) is 0. The van der Waals surface area contributed by atoms with E-state index in [1.807, 2.05) is 13.0 Å². The number of pyridine rings is 1. The third kappa shape index (κ3) is 4.49. The highest BCUT2D eigenvalue weighted by molar-refractivity contribution is 6.20. The number of hydrogen-bond donors (Lipinski definition) is 2. The van der Waals surface area contributed by atoms with Gasteiger partial charge in [-0.3, -0.25) is 14.6 Å². The summed E-state index contributed by atoms with van der Waals surface area (Å²) in [5.41, 5.74) is 1.89. The predicted molar refractivity (Wildman–Crippen MR) is 143 cm³/mol. The first kappa shape index (κ1) is 25.4. The Balaban J connectivity index is 1.45. The molecule has 2 aliphatic heterocycles. The molecule has 11 heteroatoms. The molecule has 2 N–H and O–H groups in total. The number of ether oxygens (including phenoxy) is 1. The lowest BCUT2D eigenvalue weighted by Gasteiger charge is -2.22. The van der Waals surface area contributed by atoms with Gasteiger partial charge in [0, 0.05) is 35.3 Å². The lowest BCUT2D eigenvalue weighted by molar-refractivity contribution is -0.117. The molecule has 2 aliphatic rings. The fraction of sp³-hybridized carbons (Fsp3) is 0.207. The van der Waals surface area contributed by atoms with Crippen molar-refractivity contribution in [1.82, 2.24) is 20.1 Å². The van der Waals surface area contributed by atoms with Gasteiger partial charge in [0.25, 0.3) is 11.8 Å². The van der Waals surface area contributed by atoms with Crippen molar-refractivity contribution in [2.45, 2.75) is 39.1 Å². The maximum Gasteiger partial charge on any atom is 0.269 e. The summed E-state index contributed by atoms with van der Waals surface area (Å²) in [4.78, 5) is 35.7. The highest BCUT2D eigenvalue weighted by Gasteiger charge is 2.35. The number of nitrogens with one attached hydrogen (secondary N) is 2. The van der Waals surface area contributed by atoms with Gasteiger partial charge in [0.1, 0.15) is 17.1 Å². The number of fused-ring (bicyclic) bond motifs is 2. The zero-order valence-corrected chi connectivity index (χ0v) is 21.6. The smallest absolute Gasteiger partial charge is 0.269 e. The number of aromatic nitrogens is 3. The quantitative estimate of drug-likeness (QED) is 0.401. The summed E-state index contributed by atoms with van der Waals surface area (Å²) in [6.45, 7) is 4.01. The number of nitrogens with zero attached hydrogens (tertiary/aromatic N) is 4. The van der Waals surface area contributed by atoms with Crippen LogP contribution in [-0.2, 0) is 11.3 Å². The molecule has 0 saturated heterocycles. The summed E-state index contributed by atoms with van der Waals surface area (Å²) < 4.78 is 37.3. The third-order valence-corrected chi connectivity index (χ3v) is 6.78. The molecule has 6 rings (SSSR count). The van der Waals surface area contributed by atoms with Crippen LogP contribution in [-0.4, -0.2) is 44.6 Å². The van der Waals surface area contributed by atoms with Gasteiger partial charge in [-0.1, -0.05) is 42.5 Å². The highest BCUT2D eigenvalue weighted by Crippen LogP contribution is 2.35. The van der Waals surface area contributed by atoms with Crippen molar-refractivity contribution in [3.05, 3.63) is 94.8 Å². The van der Waals surface area contributed by atoms with Gasteiger partial charge in [-0.05, 0) is 26.0 Å². The lowest BCUT2D eigenvalue weighted by Crippen LogP contribution is -2.42. The van der Waals surface area contributed by atoms with Crippen molar-refractivity contribution in [1.29, 1.82) is 0 Å². The van der Waals surface area contributed by atoms with E-state index in [0.717, 1.165) is 6.20 Å². The SMILES string of the molecule is Cc1cc(-c2nn3c(c2C(=O)N[C@H]2N=C(c4ccccc4)c4cccc(F)c4NC2=O)O[C@H](C)CC3)c(F)cn1. The molecule has 0 fully saturated rings. The molecule has 9 nitrogen and oxygen atoms in total. The number of para-hydroxylation sites is 1. The first-order valence-electron chi connectivity index (χ1n) is 12.7. The number of amides is 2. The van der Waals surface area contributed by atoms with Gasteiger partial charge in [-0.25, -0.2) is 18.5 Å². The number of carbonyl (C=O) groups excluding carboxylic acids is 2. The van der Waals surface area contributed by atoms with Crippen LogP contribution in [0, 0.1) is 18.6 Å². The topological polar surface area (TPSA) is 110 Å². The molecule has 2 amide bonds. The number of anilines is 1. The Morgan fingerprint density at radius 2 is 1.90 bits per heavy atom. The fourth-order valence-electron chi connectivity index (χ4n) is 4.81. The van der Waals surface area contributed by atoms with Crippen LogP contribution < -0.4 is 15.4 Å². The van der Waals surface area contributed by atoms with E-state index < -0.39 is 29.6 Å². The van der Waals surface area contributed by atoms with Crippen molar-refractivity contribution < 1.29 is 23.1 Å². The fourth-order valence-corrected chi connectivity index (χ4v) is 4.81. The van der Waals surface area contributed by atoms with Crippen LogP contribution in [0.3, 0.4) is 0 Å². The number of aliphatic imine (C=N–C) groups is 1. The molecule has 2 atom stereocenters. The minimum Gasteiger partial charge on any atom is -0.474 e. The van der Waals surface area contributed by atoms with E-state index in [2.05, 4.69) is 25.7 Å². The van der Waals surface area contributed by atoms with Crippen LogP contribution in [0.2, 0.25) is 0 Å². The number of halogens is 2. The first-order valence-corrected chi connectivity index (χ1v) is 12.7. The summed E-state index contributed by atoms with van der Waals surface area (Å²) in [5, 5.41) is 9.69. The minimum absolute atomic E-state index is 0.0340. The standard InChI is InChI=1S/C29H24F2N6O3/c1-15-13-19(21(31)14-32-15)25-22(29-37(36-25)12-11-16(2)40-29)27(38)35-26-28(39)34-24-18(9-6-10-20(24)30)23(33-26)17-7-4-3-5-8-17/h3-10,13-14,16,26H,11-12H2,1-2H3,(H,34,39)(H,35,38)/t16-,26-/m1/s1. The van der Waals surface area contributed by atoms with E-state index in [1.54, 1.807) is 37.3 Å². The number of benzodiazepines with no additional fused rings is 1. The second-order valence-corrected chi connectivity index (χ2v) is 9.65. The number of aryl methyl sites for hydroxylation is 2.